The molecule has 1 aromatic carbocycles. The third-order valence-electron chi connectivity index (χ3n) is 5.94. The molecule has 1 aliphatic carbocycles. The number of rotatable bonds is 6. The fourth-order valence-electron chi connectivity index (χ4n) is 4.27. The minimum Gasteiger partial charge on any atom is -0.481 e. The van der Waals surface area contributed by atoms with E-state index >= 15 is 0 Å². The number of aryl methyl sites for hydroxylation is 1. The standard InChI is InChI=1S/C22H29N5O2S/c1-26-12-10-17(14-26)27(2)30-25-22(28)24-21-18-6-4-5-15(18)7-8-19(21)16-9-11-23-20(13-16)29-3/h7-9,11,13,17H,4-6,10,12,14H2,1-3H3,(H2,24,25,28). The minimum atomic E-state index is -0.208. The zero-order chi connectivity index (χ0) is 21.1. The van der Waals surface area contributed by atoms with Gasteiger partial charge in [0.25, 0.3) is 0 Å². The Balaban J connectivity index is 1.51. The molecule has 4 rings (SSSR count). The fraction of sp³-hybridized carbons (Fsp3) is 0.455. The number of likely N-dealkylation sites (tertiary alicyclic amines) is 1. The zero-order valence-corrected chi connectivity index (χ0v) is 18.6. The van der Waals surface area contributed by atoms with Gasteiger partial charge in [-0.05, 0) is 69.1 Å². The topological polar surface area (TPSA) is 69.7 Å². The van der Waals surface area contributed by atoms with E-state index in [1.54, 1.807) is 13.3 Å². The molecule has 0 saturated carbocycles. The van der Waals surface area contributed by atoms with Gasteiger partial charge >= 0.3 is 6.03 Å². The van der Waals surface area contributed by atoms with Gasteiger partial charge in [0, 0.05) is 42.5 Å². The van der Waals surface area contributed by atoms with Gasteiger partial charge in [0.15, 0.2) is 0 Å². The molecule has 1 atom stereocenters. The van der Waals surface area contributed by atoms with Gasteiger partial charge < -0.3 is 15.0 Å². The predicted octanol–water partition coefficient (Wildman–Crippen LogP) is 3.57. The van der Waals surface area contributed by atoms with Crippen molar-refractivity contribution in [2.45, 2.75) is 31.7 Å². The molecule has 0 bridgehead atoms. The number of pyridine rings is 1. The fourth-order valence-corrected chi connectivity index (χ4v) is 4.87. The molecule has 1 fully saturated rings. The van der Waals surface area contributed by atoms with Crippen molar-refractivity contribution in [3.8, 4) is 17.0 Å². The number of hydrogen-bond acceptors (Lipinski definition) is 6. The van der Waals surface area contributed by atoms with Gasteiger partial charge in [-0.1, -0.05) is 12.1 Å². The van der Waals surface area contributed by atoms with Crippen LogP contribution in [-0.4, -0.2) is 60.6 Å². The smallest absolute Gasteiger partial charge is 0.330 e. The second-order valence-electron chi connectivity index (χ2n) is 7.96. The first kappa shape index (κ1) is 21.0. The maximum Gasteiger partial charge on any atom is 0.330 e. The van der Waals surface area contributed by atoms with Crippen LogP contribution in [-0.2, 0) is 12.8 Å². The molecule has 1 saturated heterocycles. The Bertz CT molecular complexity index is 922. The molecule has 1 aliphatic heterocycles. The highest BCUT2D eigenvalue weighted by Crippen LogP contribution is 2.38. The number of ether oxygens (including phenoxy) is 1. The van der Waals surface area contributed by atoms with Gasteiger partial charge in [-0.25, -0.2) is 14.1 Å². The van der Waals surface area contributed by atoms with Crippen LogP contribution in [0.4, 0.5) is 10.5 Å². The summed E-state index contributed by atoms with van der Waals surface area (Å²) in [6.07, 6.45) is 5.99. The molecule has 1 aromatic heterocycles. The van der Waals surface area contributed by atoms with Gasteiger partial charge in [0.1, 0.15) is 0 Å². The second-order valence-corrected chi connectivity index (χ2v) is 8.93. The van der Waals surface area contributed by atoms with E-state index < -0.39 is 0 Å². The summed E-state index contributed by atoms with van der Waals surface area (Å²) in [5.41, 5.74) is 5.40. The first-order chi connectivity index (χ1) is 14.5. The molecule has 2 aliphatic rings. The summed E-state index contributed by atoms with van der Waals surface area (Å²) < 4.78 is 10.4. The number of anilines is 1. The van der Waals surface area contributed by atoms with Gasteiger partial charge in [-0.2, -0.15) is 0 Å². The van der Waals surface area contributed by atoms with Crippen molar-refractivity contribution in [2.75, 3.05) is 39.6 Å². The second kappa shape index (κ2) is 9.24. The third kappa shape index (κ3) is 4.55. The molecule has 0 spiro atoms. The Morgan fingerprint density at radius 2 is 2.20 bits per heavy atom. The third-order valence-corrected chi connectivity index (χ3v) is 6.80. The van der Waals surface area contributed by atoms with Crippen molar-refractivity contribution in [2.24, 2.45) is 0 Å². The summed E-state index contributed by atoms with van der Waals surface area (Å²) in [4.78, 5) is 19.3. The molecule has 1 unspecified atom stereocenters. The number of nitrogens with one attached hydrogen (secondary N) is 2. The number of methoxy groups -OCH3 is 1. The van der Waals surface area contributed by atoms with E-state index in [9.17, 15) is 4.79 Å². The molecular weight excluding hydrogens is 398 g/mol. The van der Waals surface area contributed by atoms with Gasteiger partial charge in [0.05, 0.1) is 12.8 Å². The average molecular weight is 428 g/mol. The van der Waals surface area contributed by atoms with Crippen molar-refractivity contribution in [3.63, 3.8) is 0 Å². The van der Waals surface area contributed by atoms with E-state index in [1.165, 1.54) is 23.3 Å². The number of carbonyl (C=O) groups is 1. The van der Waals surface area contributed by atoms with E-state index in [0.29, 0.717) is 11.9 Å². The van der Waals surface area contributed by atoms with Crippen LogP contribution < -0.4 is 14.8 Å². The highest BCUT2D eigenvalue weighted by Gasteiger charge is 2.25. The number of hydrogen-bond donors (Lipinski definition) is 2. The Kier molecular flexibility index (Phi) is 6.46. The number of likely N-dealkylation sites (N-methyl/N-ethyl adjacent to an activating group) is 2. The molecule has 2 N–H and O–H groups in total. The lowest BCUT2D eigenvalue weighted by atomic mass is 9.98. The Morgan fingerprint density at radius 1 is 1.33 bits per heavy atom. The van der Waals surface area contributed by atoms with Crippen LogP contribution in [0.25, 0.3) is 11.1 Å². The summed E-state index contributed by atoms with van der Waals surface area (Å²) in [7, 11) is 5.77. The van der Waals surface area contributed by atoms with Crippen molar-refractivity contribution >= 4 is 23.9 Å². The maximum absolute atomic E-state index is 12.8. The highest BCUT2D eigenvalue weighted by atomic mass is 32.2. The lowest BCUT2D eigenvalue weighted by molar-refractivity contribution is 0.256. The van der Waals surface area contributed by atoms with E-state index in [2.05, 4.69) is 43.4 Å². The molecule has 160 valence electrons. The quantitative estimate of drug-likeness (QED) is 0.687. The maximum atomic E-state index is 12.8. The van der Waals surface area contributed by atoms with E-state index in [4.69, 9.17) is 4.74 Å². The summed E-state index contributed by atoms with van der Waals surface area (Å²) in [5, 5.41) is 3.13. The first-order valence-corrected chi connectivity index (χ1v) is 11.1. The molecule has 30 heavy (non-hydrogen) atoms. The SMILES string of the molecule is COc1cc(-c2ccc3c(c2NC(=O)NSN(C)C2CCN(C)C2)CCC3)ccn1. The number of fused-ring (bicyclic) bond motifs is 1. The molecule has 2 heterocycles. The largest absolute Gasteiger partial charge is 0.481 e. The average Bonchev–Trinajstić information content (AvgIpc) is 3.41. The van der Waals surface area contributed by atoms with Gasteiger partial charge in [-0.3, -0.25) is 4.72 Å². The van der Waals surface area contributed by atoms with Crippen molar-refractivity contribution in [3.05, 3.63) is 41.6 Å². The Hall–Kier alpha value is -2.29. The van der Waals surface area contributed by atoms with Crippen LogP contribution in [0, 0.1) is 0 Å². The number of urea groups is 1. The summed E-state index contributed by atoms with van der Waals surface area (Å²) in [6, 6.07) is 8.34. The van der Waals surface area contributed by atoms with E-state index in [1.807, 2.05) is 19.2 Å². The van der Waals surface area contributed by atoms with Crippen LogP contribution in [0.15, 0.2) is 30.5 Å². The van der Waals surface area contributed by atoms with Crippen LogP contribution in [0.2, 0.25) is 0 Å². The van der Waals surface area contributed by atoms with Crippen LogP contribution in [0.5, 0.6) is 5.88 Å². The first-order valence-electron chi connectivity index (χ1n) is 10.4. The summed E-state index contributed by atoms with van der Waals surface area (Å²) >= 11 is 1.36. The van der Waals surface area contributed by atoms with Gasteiger partial charge in [0.2, 0.25) is 5.88 Å². The Morgan fingerprint density at radius 3 is 2.97 bits per heavy atom. The highest BCUT2D eigenvalue weighted by molar-refractivity contribution is 7.95. The van der Waals surface area contributed by atoms with Crippen molar-refractivity contribution in [1.29, 1.82) is 0 Å². The zero-order valence-electron chi connectivity index (χ0n) is 17.8. The van der Waals surface area contributed by atoms with Crippen molar-refractivity contribution in [1.82, 2.24) is 18.9 Å². The van der Waals surface area contributed by atoms with Crippen LogP contribution in [0.3, 0.4) is 0 Å². The monoisotopic (exact) mass is 427 g/mol. The summed E-state index contributed by atoms with van der Waals surface area (Å²) in [5.74, 6) is 0.558. The van der Waals surface area contributed by atoms with Crippen LogP contribution >= 0.6 is 12.1 Å². The molecule has 2 aromatic rings. The van der Waals surface area contributed by atoms with E-state index in [-0.39, 0.29) is 6.03 Å². The number of benzene rings is 1. The molecule has 7 nitrogen and oxygen atoms in total. The predicted molar refractivity (Wildman–Crippen MR) is 122 cm³/mol. The number of nitrogens with zero attached hydrogens (tertiary/aromatic N) is 3. The minimum absolute atomic E-state index is 0.208. The van der Waals surface area contributed by atoms with Gasteiger partial charge in [-0.15, -0.1) is 0 Å². The molecular formula is C22H29N5O2S. The molecule has 8 heteroatoms. The normalized spacial score (nSPS) is 18.5. The number of carbonyl (C=O) groups excluding carboxylic acids is 1. The number of amides is 2. The molecule has 0 radical (unpaired) electrons. The molecule has 2 amide bonds. The Labute approximate surface area is 182 Å². The lowest BCUT2D eigenvalue weighted by Crippen LogP contribution is -2.34. The summed E-state index contributed by atoms with van der Waals surface area (Å²) in [6.45, 7) is 2.11. The van der Waals surface area contributed by atoms with Crippen LogP contribution in [0.1, 0.15) is 24.0 Å². The number of aromatic nitrogens is 1. The van der Waals surface area contributed by atoms with E-state index in [0.717, 1.165) is 55.6 Å². The lowest BCUT2D eigenvalue weighted by Gasteiger charge is -2.23. The van der Waals surface area contributed by atoms with Crippen molar-refractivity contribution < 1.29 is 9.53 Å².